The van der Waals surface area contributed by atoms with Crippen molar-refractivity contribution >= 4 is 5.91 Å². The molecule has 3 aliphatic rings. The molecule has 1 amide bonds. The molecule has 2 bridgehead atoms. The predicted molar refractivity (Wildman–Crippen MR) is 163 cm³/mol. The van der Waals surface area contributed by atoms with Gasteiger partial charge in [0, 0.05) is 35.7 Å². The van der Waals surface area contributed by atoms with Crippen LogP contribution in [0.2, 0.25) is 0 Å². The lowest BCUT2D eigenvalue weighted by Gasteiger charge is -2.32. The number of carbonyl (C=O) groups excluding carboxylic acids is 1. The van der Waals surface area contributed by atoms with Gasteiger partial charge in [-0.05, 0) is 96.2 Å². The second kappa shape index (κ2) is 11.6. The molecule has 1 atom stereocenters. The molecule has 0 unspecified atom stereocenters. The lowest BCUT2D eigenvalue weighted by Crippen LogP contribution is -2.46. The average molecular weight is 573 g/mol. The fourth-order valence-electron chi connectivity index (χ4n) is 6.89. The molecule has 4 heterocycles. The fourth-order valence-corrected chi connectivity index (χ4v) is 6.89. The van der Waals surface area contributed by atoms with Crippen LogP contribution in [0.4, 0.5) is 0 Å². The van der Waals surface area contributed by atoms with Gasteiger partial charge in [0.05, 0.1) is 11.1 Å². The number of aromatic amines is 1. The van der Waals surface area contributed by atoms with E-state index >= 15 is 0 Å². The van der Waals surface area contributed by atoms with Gasteiger partial charge in [0.15, 0.2) is 11.5 Å². The van der Waals surface area contributed by atoms with Crippen LogP contribution >= 0.6 is 0 Å². The first-order chi connectivity index (χ1) is 20.2. The van der Waals surface area contributed by atoms with Crippen LogP contribution in [-0.4, -0.2) is 59.6 Å². The SMILES string of the molecule is Cc1cc(C)cc(-c2[nH]nc(OCC(C)(C)C(=O)N3C4CCC3CC4)c2[C@H](C)CNCCc2ccc3c(c2)OCO3)c1. The molecule has 0 saturated carbocycles. The number of rotatable bonds is 11. The van der Waals surface area contributed by atoms with E-state index in [1.165, 1.54) is 16.7 Å². The van der Waals surface area contributed by atoms with Crippen LogP contribution < -0.4 is 19.5 Å². The third-order valence-electron chi connectivity index (χ3n) is 9.09. The van der Waals surface area contributed by atoms with Crippen LogP contribution in [-0.2, 0) is 11.2 Å². The van der Waals surface area contributed by atoms with E-state index in [1.54, 1.807) is 0 Å². The summed E-state index contributed by atoms with van der Waals surface area (Å²) in [6.45, 7) is 12.6. The summed E-state index contributed by atoms with van der Waals surface area (Å²) in [5.41, 5.74) is 6.10. The zero-order chi connectivity index (χ0) is 29.4. The number of carbonyl (C=O) groups is 1. The summed E-state index contributed by atoms with van der Waals surface area (Å²) in [4.78, 5) is 15.8. The number of fused-ring (bicyclic) bond motifs is 3. The topological polar surface area (TPSA) is 88.7 Å². The number of nitrogens with one attached hydrogen (secondary N) is 2. The summed E-state index contributed by atoms with van der Waals surface area (Å²) in [6.07, 6.45) is 5.42. The number of ether oxygens (including phenoxy) is 3. The van der Waals surface area contributed by atoms with Crippen molar-refractivity contribution in [2.45, 2.75) is 84.7 Å². The van der Waals surface area contributed by atoms with Gasteiger partial charge in [-0.15, -0.1) is 5.10 Å². The first kappa shape index (κ1) is 28.6. The summed E-state index contributed by atoms with van der Waals surface area (Å²) < 4.78 is 17.4. The third kappa shape index (κ3) is 5.74. The zero-order valence-electron chi connectivity index (χ0n) is 25.6. The molecular weight excluding hydrogens is 528 g/mol. The fraction of sp³-hybridized carbons (Fsp3) is 0.529. The Labute approximate surface area is 249 Å². The number of amides is 1. The Bertz CT molecular complexity index is 1410. The van der Waals surface area contributed by atoms with Crippen molar-refractivity contribution in [1.29, 1.82) is 0 Å². The maximum absolute atomic E-state index is 13.6. The van der Waals surface area contributed by atoms with Crippen molar-refractivity contribution < 1.29 is 19.0 Å². The number of hydrogen-bond donors (Lipinski definition) is 2. The number of aryl methyl sites for hydroxylation is 2. The Morgan fingerprint density at radius 1 is 1.07 bits per heavy atom. The molecule has 2 saturated heterocycles. The van der Waals surface area contributed by atoms with Gasteiger partial charge in [-0.1, -0.05) is 30.2 Å². The van der Waals surface area contributed by atoms with Crippen molar-refractivity contribution in [2.24, 2.45) is 5.41 Å². The largest absolute Gasteiger partial charge is 0.475 e. The molecule has 6 rings (SSSR count). The molecule has 2 aromatic carbocycles. The van der Waals surface area contributed by atoms with E-state index in [2.05, 4.69) is 71.5 Å². The van der Waals surface area contributed by atoms with E-state index in [1.807, 2.05) is 19.9 Å². The molecule has 1 aromatic heterocycles. The van der Waals surface area contributed by atoms with Gasteiger partial charge in [-0.3, -0.25) is 9.89 Å². The van der Waals surface area contributed by atoms with E-state index in [4.69, 9.17) is 14.2 Å². The highest BCUT2D eigenvalue weighted by Crippen LogP contribution is 2.41. The van der Waals surface area contributed by atoms with Crippen LogP contribution in [0.15, 0.2) is 36.4 Å². The minimum Gasteiger partial charge on any atom is -0.475 e. The highest BCUT2D eigenvalue weighted by atomic mass is 16.7. The standard InChI is InChI=1S/C34H44N4O4/c1-21-14-22(2)16-25(15-21)31-30(23(3)18-35-13-12-24-6-11-28-29(17-24)42-20-41-28)32(37-36-31)40-19-34(4,5)33(39)38-26-7-8-27(38)10-9-26/h6,11,14-17,23,26-27,35H,7-10,12-13,18-20H2,1-5H3,(H,36,37)/t23-,26?,27?/m1/s1. The van der Waals surface area contributed by atoms with Gasteiger partial charge in [0.2, 0.25) is 18.6 Å². The summed E-state index contributed by atoms with van der Waals surface area (Å²) in [5, 5.41) is 11.6. The van der Waals surface area contributed by atoms with Crippen molar-refractivity contribution in [3.05, 3.63) is 58.7 Å². The van der Waals surface area contributed by atoms with Crippen LogP contribution in [0, 0.1) is 19.3 Å². The van der Waals surface area contributed by atoms with Crippen molar-refractivity contribution in [3.8, 4) is 28.6 Å². The monoisotopic (exact) mass is 572 g/mol. The minimum absolute atomic E-state index is 0.125. The Morgan fingerprint density at radius 3 is 2.48 bits per heavy atom. The highest BCUT2D eigenvalue weighted by molar-refractivity contribution is 5.83. The zero-order valence-corrected chi connectivity index (χ0v) is 25.6. The van der Waals surface area contributed by atoms with Gasteiger partial charge < -0.3 is 24.4 Å². The number of hydrogen-bond acceptors (Lipinski definition) is 6. The summed E-state index contributed by atoms with van der Waals surface area (Å²) in [5.74, 6) is 2.54. The van der Waals surface area contributed by atoms with Crippen molar-refractivity contribution in [2.75, 3.05) is 26.5 Å². The summed E-state index contributed by atoms with van der Waals surface area (Å²) in [7, 11) is 0. The third-order valence-corrected chi connectivity index (χ3v) is 9.09. The molecule has 0 spiro atoms. The first-order valence-electron chi connectivity index (χ1n) is 15.4. The van der Waals surface area contributed by atoms with Crippen LogP contribution in [0.1, 0.15) is 74.6 Å². The summed E-state index contributed by atoms with van der Waals surface area (Å²) >= 11 is 0. The van der Waals surface area contributed by atoms with Gasteiger partial charge >= 0.3 is 0 Å². The molecule has 8 nitrogen and oxygen atoms in total. The van der Waals surface area contributed by atoms with Gasteiger partial charge in [0.1, 0.15) is 6.61 Å². The lowest BCUT2D eigenvalue weighted by atomic mass is 9.92. The average Bonchev–Trinajstić information content (AvgIpc) is 3.76. The highest BCUT2D eigenvalue weighted by Gasteiger charge is 2.46. The molecule has 0 aliphatic carbocycles. The molecule has 2 fully saturated rings. The summed E-state index contributed by atoms with van der Waals surface area (Å²) in [6, 6.07) is 13.5. The van der Waals surface area contributed by atoms with E-state index in [9.17, 15) is 4.79 Å². The second-order valence-electron chi connectivity index (χ2n) is 13.1. The quantitative estimate of drug-likeness (QED) is 0.278. The van der Waals surface area contributed by atoms with Gasteiger partial charge in [-0.25, -0.2) is 0 Å². The van der Waals surface area contributed by atoms with Gasteiger partial charge in [0.25, 0.3) is 0 Å². The Hall–Kier alpha value is -3.52. The van der Waals surface area contributed by atoms with Crippen molar-refractivity contribution in [1.82, 2.24) is 20.4 Å². The molecular formula is C34H44N4O4. The van der Waals surface area contributed by atoms with Crippen LogP contribution in [0.25, 0.3) is 11.3 Å². The molecule has 3 aromatic rings. The second-order valence-corrected chi connectivity index (χ2v) is 13.1. The van der Waals surface area contributed by atoms with Gasteiger partial charge in [-0.2, -0.15) is 0 Å². The van der Waals surface area contributed by atoms with E-state index in [-0.39, 0.29) is 25.2 Å². The van der Waals surface area contributed by atoms with Crippen LogP contribution in [0.5, 0.6) is 17.4 Å². The first-order valence-corrected chi connectivity index (χ1v) is 15.4. The molecule has 3 aliphatic heterocycles. The maximum Gasteiger partial charge on any atom is 0.236 e. The normalized spacial score (nSPS) is 19.9. The maximum atomic E-state index is 13.6. The minimum atomic E-state index is -0.631. The van der Waals surface area contributed by atoms with Crippen molar-refractivity contribution in [3.63, 3.8) is 0 Å². The smallest absolute Gasteiger partial charge is 0.236 e. The van der Waals surface area contributed by atoms with E-state index in [0.717, 1.165) is 73.5 Å². The van der Waals surface area contributed by atoms with E-state index in [0.29, 0.717) is 18.0 Å². The number of benzene rings is 2. The number of nitrogens with zero attached hydrogens (tertiary/aromatic N) is 2. The molecule has 8 heteroatoms. The van der Waals surface area contributed by atoms with E-state index < -0.39 is 5.41 Å². The molecule has 0 radical (unpaired) electrons. The Kier molecular flexibility index (Phi) is 7.92. The number of aromatic nitrogens is 2. The lowest BCUT2D eigenvalue weighted by molar-refractivity contribution is -0.143. The van der Waals surface area contributed by atoms with Crippen LogP contribution in [0.3, 0.4) is 0 Å². The Morgan fingerprint density at radius 2 is 1.76 bits per heavy atom. The number of H-pyrrole nitrogens is 1. The Balaban J connectivity index is 1.16. The molecule has 224 valence electrons. The predicted octanol–water partition coefficient (Wildman–Crippen LogP) is 5.92. The molecule has 2 N–H and O–H groups in total. The molecule has 42 heavy (non-hydrogen) atoms.